The van der Waals surface area contributed by atoms with Crippen molar-refractivity contribution in [2.75, 3.05) is 33.4 Å². The SMILES string of the molecule is CCCC1(CCC)CN(CCC(O)COC)C1. The molecule has 1 aliphatic heterocycles. The minimum absolute atomic E-state index is 0.299. The fraction of sp³-hybridized carbons (Fsp3) is 1.00. The number of aliphatic hydroxyl groups is 1. The van der Waals surface area contributed by atoms with Crippen molar-refractivity contribution >= 4 is 0 Å². The van der Waals surface area contributed by atoms with Gasteiger partial charge < -0.3 is 14.7 Å². The van der Waals surface area contributed by atoms with E-state index in [1.165, 1.54) is 38.8 Å². The zero-order valence-corrected chi connectivity index (χ0v) is 11.7. The number of ether oxygens (including phenoxy) is 1. The Morgan fingerprint density at radius 3 is 2.29 bits per heavy atom. The van der Waals surface area contributed by atoms with Gasteiger partial charge in [-0.1, -0.05) is 26.7 Å². The number of rotatable bonds is 9. The maximum absolute atomic E-state index is 9.60. The molecule has 3 nitrogen and oxygen atoms in total. The van der Waals surface area contributed by atoms with Gasteiger partial charge in [-0.2, -0.15) is 0 Å². The first-order chi connectivity index (χ1) is 8.15. The average molecular weight is 243 g/mol. The van der Waals surface area contributed by atoms with Crippen molar-refractivity contribution in [3.8, 4) is 0 Å². The Bertz CT molecular complexity index is 194. The van der Waals surface area contributed by atoms with Crippen LogP contribution in [0.2, 0.25) is 0 Å². The van der Waals surface area contributed by atoms with Crippen molar-refractivity contribution < 1.29 is 9.84 Å². The van der Waals surface area contributed by atoms with Crippen LogP contribution in [0.1, 0.15) is 46.0 Å². The maximum Gasteiger partial charge on any atom is 0.0785 e. The van der Waals surface area contributed by atoms with Crippen molar-refractivity contribution in [3.63, 3.8) is 0 Å². The minimum atomic E-state index is -0.299. The molecule has 1 atom stereocenters. The van der Waals surface area contributed by atoms with Crippen LogP contribution in [-0.4, -0.2) is 49.5 Å². The van der Waals surface area contributed by atoms with Crippen LogP contribution in [0.5, 0.6) is 0 Å². The van der Waals surface area contributed by atoms with Gasteiger partial charge in [-0.05, 0) is 24.7 Å². The van der Waals surface area contributed by atoms with Gasteiger partial charge in [0.1, 0.15) is 0 Å². The van der Waals surface area contributed by atoms with Gasteiger partial charge in [0.05, 0.1) is 12.7 Å². The first-order valence-corrected chi connectivity index (χ1v) is 7.05. The Kier molecular flexibility index (Phi) is 6.45. The zero-order valence-electron chi connectivity index (χ0n) is 11.7. The zero-order chi connectivity index (χ0) is 12.7. The fourth-order valence-electron chi connectivity index (χ4n) is 3.17. The summed E-state index contributed by atoms with van der Waals surface area (Å²) in [5.74, 6) is 0. The molecule has 0 bridgehead atoms. The normalized spacial score (nSPS) is 21.2. The molecule has 1 heterocycles. The molecule has 1 aliphatic rings. The van der Waals surface area contributed by atoms with Crippen LogP contribution in [0.25, 0.3) is 0 Å². The molecule has 0 aliphatic carbocycles. The number of hydrogen-bond acceptors (Lipinski definition) is 3. The molecule has 3 heteroatoms. The van der Waals surface area contributed by atoms with E-state index in [9.17, 15) is 5.11 Å². The Balaban J connectivity index is 2.19. The summed E-state index contributed by atoms with van der Waals surface area (Å²) in [6.07, 6.45) is 5.84. The molecular formula is C14H29NO2. The summed E-state index contributed by atoms with van der Waals surface area (Å²) in [5, 5.41) is 9.60. The Labute approximate surface area is 106 Å². The van der Waals surface area contributed by atoms with E-state index in [0.717, 1.165) is 13.0 Å². The second kappa shape index (κ2) is 7.34. The third-order valence-corrected chi connectivity index (χ3v) is 3.82. The van der Waals surface area contributed by atoms with Crippen LogP contribution in [0.4, 0.5) is 0 Å². The van der Waals surface area contributed by atoms with Crippen LogP contribution < -0.4 is 0 Å². The molecule has 0 aromatic heterocycles. The second-order valence-electron chi connectivity index (χ2n) is 5.61. The van der Waals surface area contributed by atoms with E-state index < -0.39 is 0 Å². The van der Waals surface area contributed by atoms with Crippen molar-refractivity contribution in [2.45, 2.75) is 52.1 Å². The average Bonchev–Trinajstić information content (AvgIpc) is 2.24. The lowest BCUT2D eigenvalue weighted by atomic mass is 9.72. The van der Waals surface area contributed by atoms with Crippen LogP contribution in [0.3, 0.4) is 0 Å². The van der Waals surface area contributed by atoms with E-state index in [4.69, 9.17) is 4.74 Å². The van der Waals surface area contributed by atoms with Crippen LogP contribution in [0.15, 0.2) is 0 Å². The molecule has 1 N–H and O–H groups in total. The summed E-state index contributed by atoms with van der Waals surface area (Å²) in [4.78, 5) is 2.48. The summed E-state index contributed by atoms with van der Waals surface area (Å²) in [5.41, 5.74) is 0.593. The standard InChI is InChI=1S/C14H29NO2/c1-4-7-14(8-5-2)11-15(12-14)9-6-13(16)10-17-3/h13,16H,4-12H2,1-3H3. The molecule has 0 radical (unpaired) electrons. The highest BCUT2D eigenvalue weighted by molar-refractivity contribution is 4.94. The smallest absolute Gasteiger partial charge is 0.0785 e. The molecule has 1 rings (SSSR count). The molecule has 0 aromatic rings. The third kappa shape index (κ3) is 4.57. The molecule has 0 spiro atoms. The van der Waals surface area contributed by atoms with Crippen molar-refractivity contribution in [1.29, 1.82) is 0 Å². The molecule has 1 fully saturated rings. The number of hydrogen-bond donors (Lipinski definition) is 1. The first-order valence-electron chi connectivity index (χ1n) is 7.05. The number of nitrogens with zero attached hydrogens (tertiary/aromatic N) is 1. The van der Waals surface area contributed by atoms with Gasteiger partial charge in [-0.25, -0.2) is 0 Å². The lowest BCUT2D eigenvalue weighted by molar-refractivity contribution is -0.0276. The summed E-state index contributed by atoms with van der Waals surface area (Å²) < 4.78 is 4.94. The predicted octanol–water partition coefficient (Wildman–Crippen LogP) is 2.29. The summed E-state index contributed by atoms with van der Waals surface area (Å²) in [7, 11) is 1.64. The largest absolute Gasteiger partial charge is 0.391 e. The molecule has 102 valence electrons. The van der Waals surface area contributed by atoms with Gasteiger partial charge >= 0.3 is 0 Å². The second-order valence-corrected chi connectivity index (χ2v) is 5.61. The van der Waals surface area contributed by atoms with E-state index in [0.29, 0.717) is 12.0 Å². The number of aliphatic hydroxyl groups excluding tert-OH is 1. The fourth-order valence-corrected chi connectivity index (χ4v) is 3.17. The van der Waals surface area contributed by atoms with Crippen LogP contribution in [-0.2, 0) is 4.74 Å². The minimum Gasteiger partial charge on any atom is -0.391 e. The summed E-state index contributed by atoms with van der Waals surface area (Å²) in [6, 6.07) is 0. The lowest BCUT2D eigenvalue weighted by Gasteiger charge is -2.51. The highest BCUT2D eigenvalue weighted by atomic mass is 16.5. The van der Waals surface area contributed by atoms with Gasteiger partial charge in [0, 0.05) is 26.7 Å². The van der Waals surface area contributed by atoms with E-state index in [1.54, 1.807) is 7.11 Å². The van der Waals surface area contributed by atoms with Gasteiger partial charge in [0.15, 0.2) is 0 Å². The topological polar surface area (TPSA) is 32.7 Å². The van der Waals surface area contributed by atoms with E-state index in [1.807, 2.05) is 0 Å². The highest BCUT2D eigenvalue weighted by Gasteiger charge is 2.40. The molecule has 0 aromatic carbocycles. The summed E-state index contributed by atoms with van der Waals surface area (Å²) >= 11 is 0. The quantitative estimate of drug-likeness (QED) is 0.674. The first kappa shape index (κ1) is 14.9. The van der Waals surface area contributed by atoms with Gasteiger partial charge in [0.2, 0.25) is 0 Å². The number of methoxy groups -OCH3 is 1. The van der Waals surface area contributed by atoms with Crippen molar-refractivity contribution in [3.05, 3.63) is 0 Å². The molecule has 0 saturated carbocycles. The molecule has 0 amide bonds. The van der Waals surface area contributed by atoms with E-state index >= 15 is 0 Å². The monoisotopic (exact) mass is 243 g/mol. The van der Waals surface area contributed by atoms with Gasteiger partial charge in [0.25, 0.3) is 0 Å². The molecule has 1 saturated heterocycles. The molecule has 17 heavy (non-hydrogen) atoms. The highest BCUT2D eigenvalue weighted by Crippen LogP contribution is 2.39. The van der Waals surface area contributed by atoms with Gasteiger partial charge in [-0.3, -0.25) is 0 Å². The van der Waals surface area contributed by atoms with E-state index in [-0.39, 0.29) is 6.10 Å². The van der Waals surface area contributed by atoms with E-state index in [2.05, 4.69) is 18.7 Å². The maximum atomic E-state index is 9.60. The van der Waals surface area contributed by atoms with Crippen LogP contribution >= 0.6 is 0 Å². The Hall–Kier alpha value is -0.120. The third-order valence-electron chi connectivity index (χ3n) is 3.82. The van der Waals surface area contributed by atoms with Crippen LogP contribution in [0, 0.1) is 5.41 Å². The van der Waals surface area contributed by atoms with Gasteiger partial charge in [-0.15, -0.1) is 0 Å². The predicted molar refractivity (Wildman–Crippen MR) is 71.2 cm³/mol. The van der Waals surface area contributed by atoms with Crippen molar-refractivity contribution in [1.82, 2.24) is 4.90 Å². The lowest BCUT2D eigenvalue weighted by Crippen LogP contribution is -2.56. The molecule has 1 unspecified atom stereocenters. The number of likely N-dealkylation sites (tertiary alicyclic amines) is 1. The molecular weight excluding hydrogens is 214 g/mol. The Morgan fingerprint density at radius 1 is 1.24 bits per heavy atom. The summed E-state index contributed by atoms with van der Waals surface area (Å²) in [6.45, 7) is 8.50. The Morgan fingerprint density at radius 2 is 1.82 bits per heavy atom. The van der Waals surface area contributed by atoms with Crippen molar-refractivity contribution in [2.24, 2.45) is 5.41 Å².